The minimum Gasteiger partial charge on any atom is -0.453 e. The lowest BCUT2D eigenvalue weighted by atomic mass is 9.95. The maximum atomic E-state index is 6.35. The molecular weight excluding hydrogens is 346 g/mol. The number of hydrogen-bond donors (Lipinski definition) is 1. The van der Waals surface area contributed by atoms with Gasteiger partial charge in [-0.1, -0.05) is 24.3 Å². The van der Waals surface area contributed by atoms with Crippen LogP contribution in [0.15, 0.2) is 67.0 Å². The van der Waals surface area contributed by atoms with Crippen LogP contribution >= 0.6 is 0 Å². The number of ether oxygens (including phenoxy) is 1. The van der Waals surface area contributed by atoms with E-state index >= 15 is 0 Å². The molecule has 2 aromatic carbocycles. The van der Waals surface area contributed by atoms with E-state index in [-0.39, 0.29) is 0 Å². The number of nitrogens with one attached hydrogen (secondary N) is 1. The van der Waals surface area contributed by atoms with Gasteiger partial charge >= 0.3 is 0 Å². The van der Waals surface area contributed by atoms with Crippen molar-refractivity contribution in [1.29, 1.82) is 0 Å². The number of anilines is 2. The van der Waals surface area contributed by atoms with Crippen LogP contribution in [-0.4, -0.2) is 23.1 Å². The molecule has 4 heteroatoms. The number of benzene rings is 2. The molecule has 0 radical (unpaired) electrons. The van der Waals surface area contributed by atoms with Gasteiger partial charge in [-0.25, -0.2) is 0 Å². The molecule has 0 saturated carbocycles. The lowest BCUT2D eigenvalue weighted by Gasteiger charge is -2.42. The van der Waals surface area contributed by atoms with E-state index in [0.29, 0.717) is 18.1 Å². The Bertz CT molecular complexity index is 1010. The molecule has 0 aliphatic carbocycles. The molecule has 2 fully saturated rings. The normalized spacial score (nSPS) is 25.0. The summed E-state index contributed by atoms with van der Waals surface area (Å²) in [7, 11) is 0. The van der Waals surface area contributed by atoms with Gasteiger partial charge in [0.2, 0.25) is 0 Å². The predicted molar refractivity (Wildman–Crippen MR) is 111 cm³/mol. The molecule has 4 nitrogen and oxygen atoms in total. The molecule has 2 saturated heterocycles. The van der Waals surface area contributed by atoms with Gasteiger partial charge in [0.25, 0.3) is 0 Å². The van der Waals surface area contributed by atoms with E-state index in [2.05, 4.69) is 63.7 Å². The fourth-order valence-corrected chi connectivity index (χ4v) is 5.13. The van der Waals surface area contributed by atoms with Crippen molar-refractivity contribution < 1.29 is 4.74 Å². The minimum atomic E-state index is 0.506. The number of piperidine rings is 1. The standard InChI is InChI=1S/C24H23N3O/c1-2-6-23-21(5-1)27(20-13-18-8-9-19(14-20)26-18)22-10-7-16(12-24(22)28-23)17-4-3-11-25-15-17/h1-7,10-12,15,18-20,26H,8-9,13-14H2. The van der Waals surface area contributed by atoms with E-state index in [4.69, 9.17) is 4.74 Å². The van der Waals surface area contributed by atoms with E-state index in [1.165, 1.54) is 37.1 Å². The molecule has 3 aromatic rings. The summed E-state index contributed by atoms with van der Waals surface area (Å²) in [6, 6.07) is 20.9. The van der Waals surface area contributed by atoms with E-state index in [0.717, 1.165) is 22.6 Å². The number of pyridine rings is 1. The number of rotatable bonds is 2. The van der Waals surface area contributed by atoms with Crippen LogP contribution in [-0.2, 0) is 0 Å². The molecule has 6 rings (SSSR count). The highest BCUT2D eigenvalue weighted by Crippen LogP contribution is 2.50. The fraction of sp³-hybridized carbons (Fsp3) is 0.292. The molecule has 2 unspecified atom stereocenters. The highest BCUT2D eigenvalue weighted by molar-refractivity contribution is 5.81. The van der Waals surface area contributed by atoms with Crippen molar-refractivity contribution in [3.8, 4) is 22.6 Å². The van der Waals surface area contributed by atoms with Crippen LogP contribution in [0.1, 0.15) is 25.7 Å². The number of para-hydroxylation sites is 2. The highest BCUT2D eigenvalue weighted by atomic mass is 16.5. The van der Waals surface area contributed by atoms with Gasteiger partial charge in [0, 0.05) is 36.1 Å². The summed E-state index contributed by atoms with van der Waals surface area (Å²) in [5.74, 6) is 1.88. The van der Waals surface area contributed by atoms with E-state index in [1.807, 2.05) is 18.5 Å². The van der Waals surface area contributed by atoms with Crippen LogP contribution in [0.25, 0.3) is 11.1 Å². The Labute approximate surface area is 165 Å². The summed E-state index contributed by atoms with van der Waals surface area (Å²) in [6.07, 6.45) is 8.70. The summed E-state index contributed by atoms with van der Waals surface area (Å²) < 4.78 is 6.35. The molecule has 3 aliphatic rings. The van der Waals surface area contributed by atoms with Gasteiger partial charge in [0.15, 0.2) is 11.5 Å². The molecule has 28 heavy (non-hydrogen) atoms. The first-order chi connectivity index (χ1) is 13.8. The molecule has 2 bridgehead atoms. The van der Waals surface area contributed by atoms with Crippen molar-refractivity contribution in [3.63, 3.8) is 0 Å². The number of fused-ring (bicyclic) bond motifs is 4. The molecule has 1 N–H and O–H groups in total. The Morgan fingerprint density at radius 2 is 1.68 bits per heavy atom. The van der Waals surface area contributed by atoms with Crippen molar-refractivity contribution >= 4 is 11.4 Å². The zero-order chi connectivity index (χ0) is 18.5. The number of aromatic nitrogens is 1. The molecule has 4 heterocycles. The molecular formula is C24H23N3O. The number of hydrogen-bond acceptors (Lipinski definition) is 4. The first kappa shape index (κ1) is 16.1. The maximum absolute atomic E-state index is 6.35. The lowest BCUT2D eigenvalue weighted by molar-refractivity contribution is 0.353. The summed E-state index contributed by atoms with van der Waals surface area (Å²) in [4.78, 5) is 6.80. The van der Waals surface area contributed by atoms with Crippen molar-refractivity contribution in [2.75, 3.05) is 4.90 Å². The van der Waals surface area contributed by atoms with Gasteiger partial charge in [0.1, 0.15) is 0 Å². The van der Waals surface area contributed by atoms with Gasteiger partial charge in [-0.05, 0) is 61.6 Å². The fourth-order valence-electron chi connectivity index (χ4n) is 5.13. The van der Waals surface area contributed by atoms with Crippen LogP contribution in [0, 0.1) is 0 Å². The van der Waals surface area contributed by atoms with Gasteiger partial charge in [-0.15, -0.1) is 0 Å². The summed E-state index contributed by atoms with van der Waals surface area (Å²) in [6.45, 7) is 0. The quantitative estimate of drug-likeness (QED) is 0.667. The zero-order valence-electron chi connectivity index (χ0n) is 15.7. The topological polar surface area (TPSA) is 37.4 Å². The van der Waals surface area contributed by atoms with Crippen molar-refractivity contribution in [2.24, 2.45) is 0 Å². The first-order valence-corrected chi connectivity index (χ1v) is 10.2. The Hall–Kier alpha value is -2.85. The minimum absolute atomic E-state index is 0.506. The Kier molecular flexibility index (Phi) is 3.66. The van der Waals surface area contributed by atoms with E-state index < -0.39 is 0 Å². The molecule has 140 valence electrons. The van der Waals surface area contributed by atoms with Crippen LogP contribution < -0.4 is 15.0 Å². The van der Waals surface area contributed by atoms with Gasteiger partial charge in [-0.3, -0.25) is 4.98 Å². The highest BCUT2D eigenvalue weighted by Gasteiger charge is 2.39. The third-order valence-corrected chi connectivity index (χ3v) is 6.37. The van der Waals surface area contributed by atoms with Crippen LogP contribution in [0.5, 0.6) is 11.5 Å². The monoisotopic (exact) mass is 369 g/mol. The van der Waals surface area contributed by atoms with Crippen molar-refractivity contribution in [3.05, 3.63) is 67.0 Å². The second kappa shape index (κ2) is 6.35. The Morgan fingerprint density at radius 3 is 2.50 bits per heavy atom. The van der Waals surface area contributed by atoms with Gasteiger partial charge < -0.3 is 15.0 Å². The van der Waals surface area contributed by atoms with Gasteiger partial charge in [-0.2, -0.15) is 0 Å². The summed E-state index contributed by atoms with van der Waals surface area (Å²) in [5.41, 5.74) is 4.61. The molecule has 1 aromatic heterocycles. The average molecular weight is 369 g/mol. The van der Waals surface area contributed by atoms with Crippen LogP contribution in [0.4, 0.5) is 11.4 Å². The lowest BCUT2D eigenvalue weighted by Crippen LogP contribution is -2.47. The maximum Gasteiger partial charge on any atom is 0.151 e. The van der Waals surface area contributed by atoms with E-state index in [1.54, 1.807) is 0 Å². The van der Waals surface area contributed by atoms with E-state index in [9.17, 15) is 0 Å². The Morgan fingerprint density at radius 1 is 0.857 bits per heavy atom. The first-order valence-electron chi connectivity index (χ1n) is 10.2. The third-order valence-electron chi connectivity index (χ3n) is 6.37. The van der Waals surface area contributed by atoms with Crippen LogP contribution in [0.3, 0.4) is 0 Å². The predicted octanol–water partition coefficient (Wildman–Crippen LogP) is 5.28. The third kappa shape index (κ3) is 2.60. The second-order valence-corrected chi connectivity index (χ2v) is 8.13. The second-order valence-electron chi connectivity index (χ2n) is 8.13. The SMILES string of the molecule is c1cncc(-c2ccc3c(c2)Oc2ccccc2N3C2CC3CCC(C2)N3)c1. The van der Waals surface area contributed by atoms with Crippen LogP contribution in [0.2, 0.25) is 0 Å². The molecule has 0 amide bonds. The Balaban J connectivity index is 1.45. The summed E-state index contributed by atoms with van der Waals surface area (Å²) >= 11 is 0. The van der Waals surface area contributed by atoms with Crippen molar-refractivity contribution in [2.45, 2.75) is 43.8 Å². The molecule has 2 atom stereocenters. The molecule has 0 spiro atoms. The summed E-state index contributed by atoms with van der Waals surface area (Å²) in [5, 5.41) is 3.77. The largest absolute Gasteiger partial charge is 0.453 e. The number of nitrogens with zero attached hydrogens (tertiary/aromatic N) is 2. The van der Waals surface area contributed by atoms with Gasteiger partial charge in [0.05, 0.1) is 11.4 Å². The smallest absolute Gasteiger partial charge is 0.151 e. The van der Waals surface area contributed by atoms with Crippen molar-refractivity contribution in [1.82, 2.24) is 10.3 Å². The molecule has 3 aliphatic heterocycles. The average Bonchev–Trinajstić information content (AvgIpc) is 3.09. The zero-order valence-corrected chi connectivity index (χ0v) is 15.7.